The average molecular weight is 530 g/mol. The Morgan fingerprint density at radius 1 is 1.32 bits per heavy atom. The first-order valence-electron chi connectivity index (χ1n) is 8.76. The van der Waals surface area contributed by atoms with Crippen molar-refractivity contribution < 1.29 is 18.0 Å². The number of hydrogen-bond acceptors (Lipinski definition) is 3. The molecule has 1 aromatic rings. The Labute approximate surface area is 184 Å². The summed E-state index contributed by atoms with van der Waals surface area (Å²) >= 11 is 1.89. The molecule has 158 valence electrons. The zero-order valence-electron chi connectivity index (χ0n) is 15.9. The number of amides is 1. The average Bonchev–Trinajstić information content (AvgIpc) is 3.13. The van der Waals surface area contributed by atoms with Gasteiger partial charge in [-0.15, -0.1) is 24.0 Å². The van der Waals surface area contributed by atoms with Crippen molar-refractivity contribution in [2.75, 3.05) is 32.9 Å². The molecule has 28 heavy (non-hydrogen) atoms. The summed E-state index contributed by atoms with van der Waals surface area (Å²) in [6, 6.07) is 5.11. The Balaban J connectivity index is 0.00000392. The van der Waals surface area contributed by atoms with Crippen LogP contribution in [0.3, 0.4) is 0 Å². The lowest BCUT2D eigenvalue weighted by Gasteiger charge is -2.17. The monoisotopic (exact) mass is 530 g/mol. The van der Waals surface area contributed by atoms with E-state index in [9.17, 15) is 18.0 Å². The van der Waals surface area contributed by atoms with E-state index in [2.05, 4.69) is 15.6 Å². The molecule has 1 heterocycles. The van der Waals surface area contributed by atoms with Crippen LogP contribution in [0.4, 0.5) is 13.2 Å². The highest BCUT2D eigenvalue weighted by molar-refractivity contribution is 14.0. The van der Waals surface area contributed by atoms with Gasteiger partial charge in [0.2, 0.25) is 5.91 Å². The lowest BCUT2D eigenvalue weighted by atomic mass is 10.1. The number of nitrogens with one attached hydrogen (secondary N) is 2. The van der Waals surface area contributed by atoms with Gasteiger partial charge in [0.1, 0.15) is 0 Å². The van der Waals surface area contributed by atoms with Crippen molar-refractivity contribution in [3.8, 4) is 0 Å². The number of nitrogens with zero attached hydrogens (tertiary/aromatic N) is 2. The van der Waals surface area contributed by atoms with Gasteiger partial charge in [0.05, 0.1) is 18.7 Å². The van der Waals surface area contributed by atoms with E-state index in [-0.39, 0.29) is 43.0 Å². The number of carbonyl (C=O) groups excluding carboxylic acids is 1. The smallest absolute Gasteiger partial charge is 0.355 e. The second-order valence-electron chi connectivity index (χ2n) is 6.52. The van der Waals surface area contributed by atoms with E-state index < -0.39 is 11.7 Å². The van der Waals surface area contributed by atoms with Crippen LogP contribution in [0.15, 0.2) is 29.3 Å². The quantitative estimate of drug-likeness (QED) is 0.337. The number of thioether (sulfide) groups is 1. The minimum Gasteiger partial charge on any atom is -0.355 e. The first-order valence-corrected chi connectivity index (χ1v) is 9.80. The van der Waals surface area contributed by atoms with E-state index in [1.165, 1.54) is 17.4 Å². The number of rotatable bonds is 6. The maximum atomic E-state index is 12.8. The molecular weight excluding hydrogens is 504 g/mol. The van der Waals surface area contributed by atoms with Crippen LogP contribution in [0.5, 0.6) is 0 Å². The van der Waals surface area contributed by atoms with Crippen LogP contribution in [-0.4, -0.2) is 55.0 Å². The van der Waals surface area contributed by atoms with Crippen molar-refractivity contribution in [3.63, 3.8) is 0 Å². The van der Waals surface area contributed by atoms with Crippen LogP contribution in [0, 0.1) is 0 Å². The van der Waals surface area contributed by atoms with Gasteiger partial charge >= 0.3 is 6.18 Å². The molecule has 5 nitrogen and oxygen atoms in total. The number of hydrogen-bond donors (Lipinski definition) is 2. The van der Waals surface area contributed by atoms with E-state index >= 15 is 0 Å². The summed E-state index contributed by atoms with van der Waals surface area (Å²) in [5.74, 6) is 1.45. The van der Waals surface area contributed by atoms with Crippen LogP contribution < -0.4 is 10.6 Å². The molecule has 1 amide bonds. The van der Waals surface area contributed by atoms with E-state index in [1.54, 1.807) is 20.2 Å². The van der Waals surface area contributed by atoms with Crippen molar-refractivity contribution in [2.24, 2.45) is 4.99 Å². The molecule has 1 atom stereocenters. The summed E-state index contributed by atoms with van der Waals surface area (Å²) < 4.78 is 38.5. The lowest BCUT2D eigenvalue weighted by Crippen LogP contribution is -2.44. The standard InChI is InChI=1S/C18H25F3N4OS.HI/c1-25(2)16(26)12-24-17(23-11-15-7-4-8-27-15)22-10-13-5-3-6-14(9-13)18(19,20)21;/h3,5-6,9,15H,4,7-8,10-12H2,1-2H3,(H2,22,23,24);1H. The van der Waals surface area contributed by atoms with E-state index in [0.717, 1.165) is 24.3 Å². The largest absolute Gasteiger partial charge is 0.416 e. The maximum absolute atomic E-state index is 12.8. The molecule has 0 aromatic heterocycles. The molecule has 0 saturated carbocycles. The van der Waals surface area contributed by atoms with Gasteiger partial charge in [0, 0.05) is 25.9 Å². The zero-order chi connectivity index (χ0) is 19.9. The van der Waals surface area contributed by atoms with Crippen LogP contribution in [0.2, 0.25) is 0 Å². The molecule has 2 N–H and O–H groups in total. The predicted molar refractivity (Wildman–Crippen MR) is 118 cm³/mol. The number of benzene rings is 1. The molecule has 1 aliphatic heterocycles. The molecule has 0 spiro atoms. The van der Waals surface area contributed by atoms with E-state index in [0.29, 0.717) is 23.3 Å². The van der Waals surface area contributed by atoms with Gasteiger partial charge in [0.25, 0.3) is 0 Å². The number of carbonyl (C=O) groups is 1. The first-order chi connectivity index (χ1) is 12.8. The molecule has 1 saturated heterocycles. The molecule has 10 heteroatoms. The van der Waals surface area contributed by atoms with Gasteiger partial charge in [-0.05, 0) is 36.3 Å². The maximum Gasteiger partial charge on any atom is 0.416 e. The van der Waals surface area contributed by atoms with Crippen molar-refractivity contribution in [1.29, 1.82) is 0 Å². The minimum atomic E-state index is -4.38. The van der Waals surface area contributed by atoms with Crippen LogP contribution >= 0.6 is 35.7 Å². The third-order valence-electron chi connectivity index (χ3n) is 4.10. The Bertz CT molecular complexity index is 664. The fourth-order valence-corrected chi connectivity index (χ4v) is 3.73. The number of guanidine groups is 1. The van der Waals surface area contributed by atoms with Crippen molar-refractivity contribution in [2.45, 2.75) is 30.8 Å². The minimum absolute atomic E-state index is 0. The van der Waals surface area contributed by atoms with Crippen LogP contribution in [-0.2, 0) is 17.5 Å². The number of aliphatic imine (C=N–C) groups is 1. The molecule has 1 fully saturated rings. The van der Waals surface area contributed by atoms with Gasteiger partial charge < -0.3 is 15.5 Å². The van der Waals surface area contributed by atoms with E-state index in [1.807, 2.05) is 11.8 Å². The third-order valence-corrected chi connectivity index (χ3v) is 5.50. The topological polar surface area (TPSA) is 56.7 Å². The fraction of sp³-hybridized carbons (Fsp3) is 0.556. The summed E-state index contributed by atoms with van der Waals surface area (Å²) in [4.78, 5) is 17.6. The Kier molecular flexibility index (Phi) is 10.4. The Morgan fingerprint density at radius 2 is 2.07 bits per heavy atom. The summed E-state index contributed by atoms with van der Waals surface area (Å²) in [6.07, 6.45) is -2.08. The van der Waals surface area contributed by atoms with Gasteiger partial charge in [-0.3, -0.25) is 4.79 Å². The Morgan fingerprint density at radius 3 is 2.68 bits per heavy atom. The number of alkyl halides is 3. The second kappa shape index (κ2) is 11.7. The highest BCUT2D eigenvalue weighted by Crippen LogP contribution is 2.29. The summed E-state index contributed by atoms with van der Waals surface area (Å²) in [7, 11) is 3.32. The fourth-order valence-electron chi connectivity index (χ4n) is 2.52. The van der Waals surface area contributed by atoms with Crippen molar-refractivity contribution >= 4 is 47.6 Å². The number of halogens is 4. The summed E-state index contributed by atoms with van der Waals surface area (Å²) in [6.45, 7) is 0.863. The Hall–Kier alpha value is -1.17. The molecule has 0 radical (unpaired) electrons. The SMILES string of the molecule is CN(C)C(=O)CNC(=NCc1cccc(C(F)(F)F)c1)NCC1CCCS1.I. The highest BCUT2D eigenvalue weighted by atomic mass is 127. The second-order valence-corrected chi connectivity index (χ2v) is 7.93. The molecule has 1 unspecified atom stereocenters. The number of likely N-dealkylation sites (N-methyl/N-ethyl adjacent to an activating group) is 1. The van der Waals surface area contributed by atoms with Crippen molar-refractivity contribution in [1.82, 2.24) is 15.5 Å². The van der Waals surface area contributed by atoms with Gasteiger partial charge in [-0.1, -0.05) is 12.1 Å². The molecule has 0 bridgehead atoms. The lowest BCUT2D eigenvalue weighted by molar-refractivity contribution is -0.137. The summed E-state index contributed by atoms with van der Waals surface area (Å²) in [5, 5.41) is 6.63. The first kappa shape index (κ1) is 24.9. The van der Waals surface area contributed by atoms with Crippen LogP contribution in [0.1, 0.15) is 24.0 Å². The van der Waals surface area contributed by atoms with Crippen molar-refractivity contribution in [3.05, 3.63) is 35.4 Å². The predicted octanol–water partition coefficient (Wildman–Crippen LogP) is 3.34. The normalized spacial score (nSPS) is 17.0. The van der Waals surface area contributed by atoms with Gasteiger partial charge in [0.15, 0.2) is 5.96 Å². The van der Waals surface area contributed by atoms with Crippen LogP contribution in [0.25, 0.3) is 0 Å². The third kappa shape index (κ3) is 8.46. The van der Waals surface area contributed by atoms with Gasteiger partial charge in [-0.2, -0.15) is 24.9 Å². The molecule has 0 aliphatic carbocycles. The van der Waals surface area contributed by atoms with Gasteiger partial charge in [-0.25, -0.2) is 4.99 Å². The molecule has 2 rings (SSSR count). The molecule has 1 aromatic carbocycles. The summed E-state index contributed by atoms with van der Waals surface area (Å²) in [5.41, 5.74) is -0.233. The van der Waals surface area contributed by atoms with E-state index in [4.69, 9.17) is 0 Å². The highest BCUT2D eigenvalue weighted by Gasteiger charge is 2.30. The molecule has 1 aliphatic rings. The zero-order valence-corrected chi connectivity index (χ0v) is 19.0. The molecular formula is C18H26F3IN4OS.